The molecule has 4 atom stereocenters. The van der Waals surface area contributed by atoms with E-state index in [1.807, 2.05) is 13.8 Å². The van der Waals surface area contributed by atoms with Gasteiger partial charge in [0, 0.05) is 10.5 Å². The molecule has 0 aliphatic carbocycles. The lowest BCUT2D eigenvalue weighted by molar-refractivity contribution is 0.195. The van der Waals surface area contributed by atoms with E-state index >= 15 is 0 Å². The molecule has 0 bridgehead atoms. The van der Waals surface area contributed by atoms with E-state index in [4.69, 9.17) is 0 Å². The standard InChI is InChI=1S/C8H18O2S2/c1-5(9)7(3)11-12-8(4)6(2)10/h5-10H,1-4H3. The Morgan fingerprint density at radius 2 is 1.00 bits per heavy atom. The molecule has 0 heterocycles. The first-order chi connectivity index (χ1) is 5.45. The monoisotopic (exact) mass is 210 g/mol. The predicted octanol–water partition coefficient (Wildman–Crippen LogP) is 1.91. The molecule has 0 rings (SSSR count). The first-order valence-electron chi connectivity index (χ1n) is 4.13. The highest BCUT2D eigenvalue weighted by molar-refractivity contribution is 8.77. The maximum atomic E-state index is 9.18. The third-order valence-electron chi connectivity index (χ3n) is 1.72. The smallest absolute Gasteiger partial charge is 0.0636 e. The van der Waals surface area contributed by atoms with Gasteiger partial charge in [-0.25, -0.2) is 0 Å². The van der Waals surface area contributed by atoms with E-state index in [0.29, 0.717) is 0 Å². The quantitative estimate of drug-likeness (QED) is 0.680. The summed E-state index contributed by atoms with van der Waals surface area (Å²) in [4.78, 5) is 0. The van der Waals surface area contributed by atoms with E-state index < -0.39 is 0 Å². The molecule has 12 heavy (non-hydrogen) atoms. The van der Waals surface area contributed by atoms with Gasteiger partial charge in [-0.1, -0.05) is 21.6 Å². The van der Waals surface area contributed by atoms with Crippen molar-refractivity contribution in [1.29, 1.82) is 0 Å². The molecule has 0 aliphatic rings. The minimum Gasteiger partial charge on any atom is -0.392 e. The fraction of sp³-hybridized carbons (Fsp3) is 1.00. The van der Waals surface area contributed by atoms with Crippen LogP contribution in [0.15, 0.2) is 0 Å². The van der Waals surface area contributed by atoms with Gasteiger partial charge >= 0.3 is 0 Å². The van der Waals surface area contributed by atoms with E-state index in [1.165, 1.54) is 0 Å². The van der Waals surface area contributed by atoms with Crippen LogP contribution in [-0.2, 0) is 0 Å². The van der Waals surface area contributed by atoms with Crippen LogP contribution in [0.4, 0.5) is 0 Å². The summed E-state index contributed by atoms with van der Waals surface area (Å²) in [6, 6.07) is 0. The first kappa shape index (κ1) is 12.6. The number of rotatable bonds is 5. The number of aliphatic hydroxyl groups excluding tert-OH is 2. The summed E-state index contributed by atoms with van der Waals surface area (Å²) in [5.41, 5.74) is 0. The summed E-state index contributed by atoms with van der Waals surface area (Å²) < 4.78 is 0. The lowest BCUT2D eigenvalue weighted by Gasteiger charge is -2.18. The van der Waals surface area contributed by atoms with Crippen LogP contribution in [0.2, 0.25) is 0 Å². The molecule has 0 spiro atoms. The fourth-order valence-electron chi connectivity index (χ4n) is 0.336. The predicted molar refractivity (Wildman–Crippen MR) is 57.5 cm³/mol. The molecule has 4 unspecified atom stereocenters. The Morgan fingerprint density at radius 3 is 1.17 bits per heavy atom. The Balaban J connectivity index is 3.54. The van der Waals surface area contributed by atoms with E-state index in [9.17, 15) is 10.2 Å². The van der Waals surface area contributed by atoms with Crippen molar-refractivity contribution in [2.24, 2.45) is 0 Å². The highest BCUT2D eigenvalue weighted by atomic mass is 33.1. The first-order valence-corrected chi connectivity index (χ1v) is 6.41. The van der Waals surface area contributed by atoms with Gasteiger partial charge in [0.25, 0.3) is 0 Å². The second-order valence-corrected chi connectivity index (χ2v) is 6.11. The summed E-state index contributed by atoms with van der Waals surface area (Å²) in [6.07, 6.45) is -0.576. The molecule has 0 saturated heterocycles. The molecule has 0 aromatic rings. The topological polar surface area (TPSA) is 40.5 Å². The van der Waals surface area contributed by atoms with Crippen molar-refractivity contribution in [2.45, 2.75) is 50.4 Å². The molecular formula is C8H18O2S2. The average Bonchev–Trinajstić information content (AvgIpc) is 1.98. The molecule has 0 aliphatic heterocycles. The lowest BCUT2D eigenvalue weighted by atomic mass is 10.3. The second-order valence-electron chi connectivity index (χ2n) is 3.08. The number of aliphatic hydroxyl groups is 2. The van der Waals surface area contributed by atoms with Gasteiger partial charge < -0.3 is 10.2 Å². The molecule has 0 saturated carbocycles. The van der Waals surface area contributed by atoms with Gasteiger partial charge in [0.1, 0.15) is 0 Å². The molecule has 4 heteroatoms. The normalized spacial score (nSPS) is 21.5. The van der Waals surface area contributed by atoms with Crippen LogP contribution in [0.25, 0.3) is 0 Å². The van der Waals surface area contributed by atoms with Crippen molar-refractivity contribution in [3.05, 3.63) is 0 Å². The lowest BCUT2D eigenvalue weighted by Crippen LogP contribution is -2.17. The van der Waals surface area contributed by atoms with Gasteiger partial charge in [0.05, 0.1) is 12.2 Å². The van der Waals surface area contributed by atoms with Crippen molar-refractivity contribution < 1.29 is 10.2 Å². The van der Waals surface area contributed by atoms with Crippen LogP contribution in [0.5, 0.6) is 0 Å². The minimum absolute atomic E-state index is 0.219. The molecule has 0 aromatic carbocycles. The maximum Gasteiger partial charge on any atom is 0.0636 e. The molecule has 2 N–H and O–H groups in total. The summed E-state index contributed by atoms with van der Waals surface area (Å²) in [7, 11) is 3.26. The third kappa shape index (κ3) is 5.30. The largest absolute Gasteiger partial charge is 0.392 e. The van der Waals surface area contributed by atoms with Gasteiger partial charge in [0.2, 0.25) is 0 Å². The average molecular weight is 210 g/mol. The highest BCUT2D eigenvalue weighted by Gasteiger charge is 2.14. The van der Waals surface area contributed by atoms with Crippen molar-refractivity contribution in [3.63, 3.8) is 0 Å². The van der Waals surface area contributed by atoms with Crippen LogP contribution in [-0.4, -0.2) is 32.9 Å². The zero-order valence-electron chi connectivity index (χ0n) is 8.02. The Bertz CT molecular complexity index is 104. The minimum atomic E-state index is -0.288. The van der Waals surface area contributed by atoms with Crippen LogP contribution in [0, 0.1) is 0 Å². The van der Waals surface area contributed by atoms with Gasteiger partial charge in [-0.2, -0.15) is 0 Å². The molecular weight excluding hydrogens is 192 g/mol. The number of hydrogen-bond acceptors (Lipinski definition) is 4. The third-order valence-corrected chi connectivity index (χ3v) is 5.38. The molecule has 0 aromatic heterocycles. The summed E-state index contributed by atoms with van der Waals surface area (Å²) in [5.74, 6) is 0. The Hall–Kier alpha value is 0.620. The van der Waals surface area contributed by atoms with Crippen molar-refractivity contribution in [2.75, 3.05) is 0 Å². The van der Waals surface area contributed by atoms with E-state index in [1.54, 1.807) is 35.4 Å². The van der Waals surface area contributed by atoms with Crippen LogP contribution < -0.4 is 0 Å². The Labute approximate surface area is 82.5 Å². The van der Waals surface area contributed by atoms with Crippen molar-refractivity contribution >= 4 is 21.6 Å². The molecule has 0 amide bonds. The molecule has 2 nitrogen and oxygen atoms in total. The second kappa shape index (κ2) is 6.13. The summed E-state index contributed by atoms with van der Waals surface area (Å²) >= 11 is 0. The van der Waals surface area contributed by atoms with Gasteiger partial charge in [-0.05, 0) is 27.7 Å². The van der Waals surface area contributed by atoms with E-state index in [2.05, 4.69) is 0 Å². The summed E-state index contributed by atoms with van der Waals surface area (Å²) in [5, 5.41) is 18.8. The van der Waals surface area contributed by atoms with Crippen LogP contribution in [0.1, 0.15) is 27.7 Å². The van der Waals surface area contributed by atoms with Gasteiger partial charge in [-0.3, -0.25) is 0 Å². The molecule has 74 valence electrons. The maximum absolute atomic E-state index is 9.18. The highest BCUT2D eigenvalue weighted by Crippen LogP contribution is 2.33. The van der Waals surface area contributed by atoms with Crippen LogP contribution in [0.3, 0.4) is 0 Å². The molecule has 0 radical (unpaired) electrons. The summed E-state index contributed by atoms with van der Waals surface area (Å²) in [6.45, 7) is 7.53. The zero-order chi connectivity index (χ0) is 9.72. The van der Waals surface area contributed by atoms with Gasteiger partial charge in [-0.15, -0.1) is 0 Å². The van der Waals surface area contributed by atoms with E-state index in [-0.39, 0.29) is 22.7 Å². The Morgan fingerprint density at radius 1 is 0.750 bits per heavy atom. The van der Waals surface area contributed by atoms with E-state index in [0.717, 1.165) is 0 Å². The number of hydrogen-bond donors (Lipinski definition) is 2. The van der Waals surface area contributed by atoms with Crippen molar-refractivity contribution in [3.8, 4) is 0 Å². The van der Waals surface area contributed by atoms with Gasteiger partial charge in [0.15, 0.2) is 0 Å². The van der Waals surface area contributed by atoms with Crippen molar-refractivity contribution in [1.82, 2.24) is 0 Å². The fourth-order valence-corrected chi connectivity index (χ4v) is 3.02. The Kier molecular flexibility index (Phi) is 6.45. The zero-order valence-corrected chi connectivity index (χ0v) is 9.65. The molecule has 0 fully saturated rings. The van der Waals surface area contributed by atoms with Crippen LogP contribution >= 0.6 is 21.6 Å². The SMILES string of the molecule is CC(O)C(C)SSC(C)C(C)O.